The first-order valence-electron chi connectivity index (χ1n) is 4.91. The Labute approximate surface area is 98.0 Å². The van der Waals surface area contributed by atoms with Gasteiger partial charge < -0.3 is 9.84 Å². The van der Waals surface area contributed by atoms with Crippen LogP contribution in [0.4, 0.5) is 0 Å². The molecule has 17 heavy (non-hydrogen) atoms. The van der Waals surface area contributed by atoms with Crippen molar-refractivity contribution in [2.45, 2.75) is 6.61 Å². The molecule has 0 unspecified atom stereocenters. The molecule has 5 heteroatoms. The van der Waals surface area contributed by atoms with Crippen molar-refractivity contribution in [1.29, 1.82) is 5.26 Å². The van der Waals surface area contributed by atoms with Crippen LogP contribution in [0.2, 0.25) is 0 Å². The van der Waals surface area contributed by atoms with E-state index in [9.17, 15) is 0 Å². The van der Waals surface area contributed by atoms with E-state index in [1.54, 1.807) is 24.3 Å². The minimum absolute atomic E-state index is 0.00302. The molecule has 0 saturated carbocycles. The number of hydrogen-bond donors (Lipinski definition) is 1. The molecule has 0 bridgehead atoms. The Bertz CT molecular complexity index is 529. The minimum atomic E-state index is -0.00302. The fraction of sp³-hybridized carbons (Fsp3) is 0.0833. The summed E-state index contributed by atoms with van der Waals surface area (Å²) in [5.74, 6) is 0.918. The minimum Gasteiger partial charge on any atom is -0.438 e. The van der Waals surface area contributed by atoms with Crippen molar-refractivity contribution in [3.63, 3.8) is 0 Å². The second kappa shape index (κ2) is 5.05. The predicted molar refractivity (Wildman–Crippen MR) is 59.2 cm³/mol. The summed E-state index contributed by atoms with van der Waals surface area (Å²) in [5.41, 5.74) is 1.05. The number of hydrogen-bond acceptors (Lipinski definition) is 5. The molecular weight excluding hydrogens is 218 g/mol. The number of benzene rings is 1. The Morgan fingerprint density at radius 1 is 1.18 bits per heavy atom. The lowest BCUT2D eigenvalue weighted by molar-refractivity contribution is 0.281. The van der Waals surface area contributed by atoms with E-state index in [1.807, 2.05) is 6.07 Å². The van der Waals surface area contributed by atoms with Gasteiger partial charge in [0.15, 0.2) is 5.69 Å². The van der Waals surface area contributed by atoms with Gasteiger partial charge in [-0.05, 0) is 17.7 Å². The third-order valence-corrected chi connectivity index (χ3v) is 2.07. The average molecular weight is 227 g/mol. The first kappa shape index (κ1) is 11.0. The lowest BCUT2D eigenvalue weighted by Crippen LogP contribution is -1.91. The van der Waals surface area contributed by atoms with Gasteiger partial charge in [-0.2, -0.15) is 5.26 Å². The van der Waals surface area contributed by atoms with Gasteiger partial charge in [-0.3, -0.25) is 0 Å². The standard InChI is InChI=1S/C12H9N3O2/c13-5-10-6-15-12(7-14-10)17-11-3-1-9(8-16)2-4-11/h1-4,6-7,16H,8H2. The van der Waals surface area contributed by atoms with Crippen molar-refractivity contribution < 1.29 is 9.84 Å². The molecule has 2 rings (SSSR count). The maximum absolute atomic E-state index is 8.88. The van der Waals surface area contributed by atoms with Crippen molar-refractivity contribution >= 4 is 0 Å². The topological polar surface area (TPSA) is 79.0 Å². The monoisotopic (exact) mass is 227 g/mol. The third kappa shape index (κ3) is 2.77. The number of aliphatic hydroxyl groups excluding tert-OH is 1. The molecule has 1 aromatic carbocycles. The second-order valence-corrected chi connectivity index (χ2v) is 3.26. The number of aliphatic hydroxyl groups is 1. The first-order chi connectivity index (χ1) is 8.31. The molecule has 0 fully saturated rings. The summed E-state index contributed by atoms with van der Waals surface area (Å²) in [5, 5.41) is 17.4. The van der Waals surface area contributed by atoms with Gasteiger partial charge in [-0.15, -0.1) is 0 Å². The highest BCUT2D eigenvalue weighted by atomic mass is 16.5. The molecular formula is C12H9N3O2. The number of rotatable bonds is 3. The lowest BCUT2D eigenvalue weighted by atomic mass is 10.2. The number of nitriles is 1. The van der Waals surface area contributed by atoms with Gasteiger partial charge in [-0.1, -0.05) is 12.1 Å². The van der Waals surface area contributed by atoms with Crippen LogP contribution >= 0.6 is 0 Å². The molecule has 0 saturated heterocycles. The van der Waals surface area contributed by atoms with Crippen LogP contribution in [0.5, 0.6) is 11.6 Å². The Balaban J connectivity index is 2.11. The maximum atomic E-state index is 8.88. The molecule has 0 atom stereocenters. The van der Waals surface area contributed by atoms with Crippen LogP contribution in [0.3, 0.4) is 0 Å². The molecule has 0 amide bonds. The van der Waals surface area contributed by atoms with Crippen molar-refractivity contribution in [2.75, 3.05) is 0 Å². The first-order valence-corrected chi connectivity index (χ1v) is 4.91. The molecule has 1 N–H and O–H groups in total. The molecule has 0 spiro atoms. The van der Waals surface area contributed by atoms with E-state index in [2.05, 4.69) is 9.97 Å². The van der Waals surface area contributed by atoms with Crippen molar-refractivity contribution in [3.05, 3.63) is 47.9 Å². The van der Waals surface area contributed by atoms with E-state index in [0.29, 0.717) is 11.6 Å². The number of aromatic nitrogens is 2. The van der Waals surface area contributed by atoms with E-state index in [-0.39, 0.29) is 12.3 Å². The normalized spacial score (nSPS) is 9.65. The average Bonchev–Trinajstić information content (AvgIpc) is 2.40. The molecule has 0 radical (unpaired) electrons. The van der Waals surface area contributed by atoms with Crippen LogP contribution in [0.1, 0.15) is 11.3 Å². The van der Waals surface area contributed by atoms with Gasteiger partial charge in [0, 0.05) is 0 Å². The van der Waals surface area contributed by atoms with Crippen molar-refractivity contribution in [3.8, 4) is 17.7 Å². The second-order valence-electron chi connectivity index (χ2n) is 3.26. The summed E-state index contributed by atoms with van der Waals surface area (Å²) in [7, 11) is 0. The van der Waals surface area contributed by atoms with Crippen LogP contribution in [-0.4, -0.2) is 15.1 Å². The molecule has 1 heterocycles. The van der Waals surface area contributed by atoms with Crippen molar-refractivity contribution in [2.24, 2.45) is 0 Å². The van der Waals surface area contributed by atoms with Crippen LogP contribution in [0, 0.1) is 11.3 Å². The summed E-state index contributed by atoms with van der Waals surface area (Å²) < 4.78 is 5.41. The van der Waals surface area contributed by atoms with Crippen LogP contribution < -0.4 is 4.74 Å². The summed E-state index contributed by atoms with van der Waals surface area (Å²) in [6, 6.07) is 8.84. The predicted octanol–water partition coefficient (Wildman–Crippen LogP) is 1.63. The molecule has 2 aromatic rings. The Morgan fingerprint density at radius 3 is 2.47 bits per heavy atom. The van der Waals surface area contributed by atoms with E-state index >= 15 is 0 Å². The largest absolute Gasteiger partial charge is 0.438 e. The fourth-order valence-corrected chi connectivity index (χ4v) is 1.21. The molecule has 5 nitrogen and oxygen atoms in total. The summed E-state index contributed by atoms with van der Waals surface area (Å²) >= 11 is 0. The zero-order valence-electron chi connectivity index (χ0n) is 8.87. The number of ether oxygens (including phenoxy) is 1. The molecule has 0 aliphatic rings. The lowest BCUT2D eigenvalue weighted by Gasteiger charge is -2.04. The highest BCUT2D eigenvalue weighted by molar-refractivity contribution is 5.30. The zero-order chi connectivity index (χ0) is 12.1. The van der Waals surface area contributed by atoms with Gasteiger partial charge in [-0.25, -0.2) is 9.97 Å². The van der Waals surface area contributed by atoms with E-state index in [0.717, 1.165) is 5.56 Å². The Morgan fingerprint density at radius 2 is 1.94 bits per heavy atom. The van der Waals surface area contributed by atoms with E-state index in [1.165, 1.54) is 12.4 Å². The Hall–Kier alpha value is -2.45. The number of nitrogens with zero attached hydrogens (tertiary/aromatic N) is 3. The van der Waals surface area contributed by atoms with Crippen LogP contribution in [-0.2, 0) is 6.61 Å². The van der Waals surface area contributed by atoms with Crippen LogP contribution in [0.25, 0.3) is 0 Å². The van der Waals surface area contributed by atoms with Gasteiger partial charge in [0.1, 0.15) is 11.8 Å². The summed E-state index contributed by atoms with van der Waals surface area (Å²) in [6.45, 7) is -0.00302. The van der Waals surface area contributed by atoms with Gasteiger partial charge in [0.05, 0.1) is 19.0 Å². The van der Waals surface area contributed by atoms with E-state index in [4.69, 9.17) is 15.1 Å². The van der Waals surface area contributed by atoms with Gasteiger partial charge in [0.25, 0.3) is 0 Å². The quantitative estimate of drug-likeness (QED) is 0.862. The third-order valence-electron chi connectivity index (χ3n) is 2.07. The Kier molecular flexibility index (Phi) is 3.28. The van der Waals surface area contributed by atoms with E-state index < -0.39 is 0 Å². The maximum Gasteiger partial charge on any atom is 0.237 e. The highest BCUT2D eigenvalue weighted by Gasteiger charge is 2.00. The molecule has 0 aliphatic carbocycles. The smallest absolute Gasteiger partial charge is 0.237 e. The molecule has 84 valence electrons. The van der Waals surface area contributed by atoms with Gasteiger partial charge in [0.2, 0.25) is 5.88 Å². The zero-order valence-corrected chi connectivity index (χ0v) is 8.87. The summed E-state index contributed by atoms with van der Waals surface area (Å²) in [6.07, 6.45) is 2.73. The van der Waals surface area contributed by atoms with Crippen molar-refractivity contribution in [1.82, 2.24) is 9.97 Å². The summed E-state index contributed by atoms with van der Waals surface area (Å²) in [4.78, 5) is 7.77. The fourth-order valence-electron chi connectivity index (χ4n) is 1.21. The molecule has 1 aromatic heterocycles. The SMILES string of the molecule is N#Cc1cnc(Oc2ccc(CO)cc2)cn1. The van der Waals surface area contributed by atoms with Crippen LogP contribution in [0.15, 0.2) is 36.7 Å². The van der Waals surface area contributed by atoms with Gasteiger partial charge >= 0.3 is 0 Å². The highest BCUT2D eigenvalue weighted by Crippen LogP contribution is 2.18. The molecule has 0 aliphatic heterocycles.